The van der Waals surface area contributed by atoms with Crippen LogP contribution in [0.2, 0.25) is 0 Å². The molecule has 0 bridgehead atoms. The Morgan fingerprint density at radius 3 is 2.36 bits per heavy atom. The Labute approximate surface area is 160 Å². The van der Waals surface area contributed by atoms with Gasteiger partial charge in [-0.25, -0.2) is 14.7 Å². The molecule has 0 N–H and O–H groups in total. The van der Waals surface area contributed by atoms with Crippen LogP contribution in [0, 0.1) is 5.92 Å². The van der Waals surface area contributed by atoms with Gasteiger partial charge in [0.25, 0.3) is 5.91 Å². The predicted octanol–water partition coefficient (Wildman–Crippen LogP) is 0.343. The molecule has 2 aliphatic heterocycles. The van der Waals surface area contributed by atoms with E-state index in [1.807, 2.05) is 0 Å². The number of methoxy groups -OCH3 is 3. The van der Waals surface area contributed by atoms with Crippen molar-refractivity contribution >= 4 is 35.1 Å². The molecular weight excluding hydrogens is 370 g/mol. The Hall–Kier alpha value is -3.43. The topological polar surface area (TPSA) is 115 Å². The Morgan fingerprint density at radius 2 is 1.82 bits per heavy atom. The third-order valence-corrected chi connectivity index (χ3v) is 4.91. The minimum Gasteiger partial charge on any atom is -0.497 e. The molecule has 2 aliphatic rings. The van der Waals surface area contributed by atoms with Crippen LogP contribution in [-0.2, 0) is 23.9 Å². The van der Waals surface area contributed by atoms with Gasteiger partial charge in [0.05, 0.1) is 27.0 Å². The van der Waals surface area contributed by atoms with Gasteiger partial charge in [0.2, 0.25) is 11.8 Å². The number of hydrogen-bond acceptors (Lipinski definition) is 8. The van der Waals surface area contributed by atoms with E-state index >= 15 is 0 Å². The highest BCUT2D eigenvalue weighted by Crippen LogP contribution is 2.45. The van der Waals surface area contributed by atoms with Crippen molar-refractivity contribution in [2.24, 2.45) is 11.0 Å². The van der Waals surface area contributed by atoms with Gasteiger partial charge in [-0.05, 0) is 19.1 Å². The van der Waals surface area contributed by atoms with Crippen LogP contribution in [-0.4, -0.2) is 61.3 Å². The monoisotopic (exact) mass is 389 g/mol. The fourth-order valence-corrected chi connectivity index (χ4v) is 3.54. The number of amides is 3. The average molecular weight is 389 g/mol. The van der Waals surface area contributed by atoms with Crippen molar-refractivity contribution in [1.29, 1.82) is 0 Å². The molecule has 2 atom stereocenters. The summed E-state index contributed by atoms with van der Waals surface area (Å²) in [5, 5.41) is 4.78. The molecule has 10 heteroatoms. The molecular formula is C18H19N3O7. The number of imide groups is 1. The van der Waals surface area contributed by atoms with Gasteiger partial charge in [-0.15, -0.1) is 0 Å². The highest BCUT2D eigenvalue weighted by Gasteiger charge is 2.68. The summed E-state index contributed by atoms with van der Waals surface area (Å²) < 4.78 is 15.1. The molecule has 0 aliphatic carbocycles. The van der Waals surface area contributed by atoms with Gasteiger partial charge < -0.3 is 14.2 Å². The highest BCUT2D eigenvalue weighted by atomic mass is 16.5. The molecule has 1 aromatic rings. The molecule has 2 unspecified atom stereocenters. The van der Waals surface area contributed by atoms with E-state index in [1.165, 1.54) is 40.2 Å². The maximum Gasteiger partial charge on any atom is 0.355 e. The summed E-state index contributed by atoms with van der Waals surface area (Å²) in [5.41, 5.74) is -1.81. The van der Waals surface area contributed by atoms with Crippen molar-refractivity contribution in [3.8, 4) is 11.5 Å². The molecule has 1 aromatic carbocycles. The second-order valence-electron chi connectivity index (χ2n) is 6.40. The lowest BCUT2D eigenvalue weighted by molar-refractivity contribution is -0.142. The van der Waals surface area contributed by atoms with Crippen molar-refractivity contribution in [1.82, 2.24) is 5.01 Å². The van der Waals surface area contributed by atoms with Crippen LogP contribution in [0.3, 0.4) is 0 Å². The number of esters is 1. The number of ether oxygens (including phenoxy) is 3. The van der Waals surface area contributed by atoms with E-state index in [0.29, 0.717) is 5.75 Å². The lowest BCUT2D eigenvalue weighted by Crippen LogP contribution is -2.52. The lowest BCUT2D eigenvalue weighted by atomic mass is 9.85. The zero-order chi connectivity index (χ0) is 20.8. The summed E-state index contributed by atoms with van der Waals surface area (Å²) >= 11 is 0. The van der Waals surface area contributed by atoms with Crippen molar-refractivity contribution in [2.75, 3.05) is 26.2 Å². The minimum atomic E-state index is -1.68. The number of fused-ring (bicyclic) bond motifs is 1. The first-order valence-corrected chi connectivity index (χ1v) is 8.30. The maximum atomic E-state index is 13.3. The average Bonchev–Trinajstić information content (AvgIpc) is 3.10. The molecule has 3 amide bonds. The summed E-state index contributed by atoms with van der Waals surface area (Å²) in [5.74, 6) is -3.49. The summed E-state index contributed by atoms with van der Waals surface area (Å²) in [6.45, 7) is 2.59. The first kappa shape index (κ1) is 19.3. The summed E-state index contributed by atoms with van der Waals surface area (Å²) in [7, 11) is 3.98. The molecule has 2 heterocycles. The molecule has 1 fully saturated rings. The zero-order valence-electron chi connectivity index (χ0n) is 16.0. The number of hydrazone groups is 1. The van der Waals surface area contributed by atoms with Crippen LogP contribution in [0.5, 0.6) is 11.5 Å². The second kappa shape index (κ2) is 6.63. The third kappa shape index (κ3) is 2.44. The van der Waals surface area contributed by atoms with Crippen molar-refractivity contribution in [3.63, 3.8) is 0 Å². The number of rotatable bonds is 4. The predicted molar refractivity (Wildman–Crippen MR) is 95.9 cm³/mol. The smallest absolute Gasteiger partial charge is 0.355 e. The number of anilines is 1. The maximum absolute atomic E-state index is 13.3. The van der Waals surface area contributed by atoms with Gasteiger partial charge in [0.15, 0.2) is 11.3 Å². The Morgan fingerprint density at radius 1 is 1.14 bits per heavy atom. The van der Waals surface area contributed by atoms with Crippen LogP contribution < -0.4 is 14.4 Å². The quantitative estimate of drug-likeness (QED) is 0.539. The molecule has 1 saturated heterocycles. The standard InChI is InChI=1S/C18H19N3O7/c1-9(22)21-18(2)13(14(19-21)16(24)28-5)15(23)20(17(18)25)11-7-6-10(26-3)8-12(11)27-4/h6-8,13H,1-5H3. The molecule has 0 radical (unpaired) electrons. The number of benzene rings is 1. The Balaban J connectivity index is 2.16. The third-order valence-electron chi connectivity index (χ3n) is 4.91. The molecule has 10 nitrogen and oxygen atoms in total. The largest absolute Gasteiger partial charge is 0.497 e. The number of carbonyl (C=O) groups excluding carboxylic acids is 4. The summed E-state index contributed by atoms with van der Waals surface area (Å²) in [6, 6.07) is 4.57. The fourth-order valence-electron chi connectivity index (χ4n) is 3.54. The SMILES string of the molecule is COC(=O)C1=NN(C(C)=O)C2(C)C(=O)N(c3ccc(OC)cc3OC)C(=O)C12. The second-order valence-corrected chi connectivity index (χ2v) is 6.40. The normalized spacial score (nSPS) is 23.5. The zero-order valence-corrected chi connectivity index (χ0v) is 16.0. The van der Waals surface area contributed by atoms with E-state index in [0.717, 1.165) is 17.0 Å². The van der Waals surface area contributed by atoms with Crippen LogP contribution in [0.25, 0.3) is 0 Å². The molecule has 0 spiro atoms. The summed E-state index contributed by atoms with van der Waals surface area (Å²) in [4.78, 5) is 51.7. The first-order chi connectivity index (χ1) is 13.2. The van der Waals surface area contributed by atoms with E-state index in [4.69, 9.17) is 9.47 Å². The van der Waals surface area contributed by atoms with E-state index in [-0.39, 0.29) is 17.1 Å². The molecule has 148 valence electrons. The molecule has 28 heavy (non-hydrogen) atoms. The van der Waals surface area contributed by atoms with E-state index in [2.05, 4.69) is 9.84 Å². The number of carbonyl (C=O) groups is 4. The molecule has 0 saturated carbocycles. The van der Waals surface area contributed by atoms with Crippen molar-refractivity contribution in [3.05, 3.63) is 18.2 Å². The summed E-state index contributed by atoms with van der Waals surface area (Å²) in [6.07, 6.45) is 0. The molecule has 3 rings (SSSR count). The van der Waals surface area contributed by atoms with Gasteiger partial charge in [-0.3, -0.25) is 14.4 Å². The molecule has 0 aromatic heterocycles. The van der Waals surface area contributed by atoms with Crippen molar-refractivity contribution < 1.29 is 33.4 Å². The van der Waals surface area contributed by atoms with E-state index in [1.54, 1.807) is 6.07 Å². The Bertz CT molecular complexity index is 926. The minimum absolute atomic E-state index is 0.168. The van der Waals surface area contributed by atoms with E-state index < -0.39 is 35.1 Å². The van der Waals surface area contributed by atoms with Crippen molar-refractivity contribution in [2.45, 2.75) is 19.4 Å². The van der Waals surface area contributed by atoms with Crippen LogP contribution in [0.1, 0.15) is 13.8 Å². The van der Waals surface area contributed by atoms with Crippen LogP contribution >= 0.6 is 0 Å². The number of hydrogen-bond donors (Lipinski definition) is 0. The first-order valence-electron chi connectivity index (χ1n) is 8.30. The van der Waals surface area contributed by atoms with Gasteiger partial charge in [0.1, 0.15) is 17.4 Å². The highest BCUT2D eigenvalue weighted by molar-refractivity contribution is 6.47. The number of nitrogens with zero attached hydrogens (tertiary/aromatic N) is 3. The van der Waals surface area contributed by atoms with Crippen LogP contribution in [0.4, 0.5) is 5.69 Å². The van der Waals surface area contributed by atoms with Gasteiger partial charge in [-0.2, -0.15) is 5.10 Å². The van der Waals surface area contributed by atoms with Gasteiger partial charge in [0, 0.05) is 13.0 Å². The van der Waals surface area contributed by atoms with E-state index in [9.17, 15) is 19.2 Å². The van der Waals surface area contributed by atoms with Gasteiger partial charge in [-0.1, -0.05) is 0 Å². The fraction of sp³-hybridized carbons (Fsp3) is 0.389. The van der Waals surface area contributed by atoms with Gasteiger partial charge >= 0.3 is 5.97 Å². The van der Waals surface area contributed by atoms with Crippen LogP contribution in [0.15, 0.2) is 23.3 Å². The lowest BCUT2D eigenvalue weighted by Gasteiger charge is -2.29. The Kier molecular flexibility index (Phi) is 4.58.